The van der Waals surface area contributed by atoms with Crippen LogP contribution < -0.4 is 0 Å². The minimum atomic E-state index is -0.572. The summed E-state index contributed by atoms with van der Waals surface area (Å²) in [6.07, 6.45) is -0.572. The van der Waals surface area contributed by atoms with E-state index in [4.69, 9.17) is 4.74 Å². The molecule has 104 valence electrons. The quantitative estimate of drug-likeness (QED) is 0.660. The van der Waals surface area contributed by atoms with E-state index in [0.717, 1.165) is 16.3 Å². The Hall–Kier alpha value is -2.45. The van der Waals surface area contributed by atoms with Gasteiger partial charge in [-0.1, -0.05) is 66.7 Å². The van der Waals surface area contributed by atoms with Crippen molar-refractivity contribution in [1.29, 1.82) is 0 Å². The van der Waals surface area contributed by atoms with Gasteiger partial charge in [0.25, 0.3) is 0 Å². The first-order valence-electron chi connectivity index (χ1n) is 6.90. The van der Waals surface area contributed by atoms with Crippen LogP contribution in [-0.2, 0) is 4.74 Å². The minimum Gasteiger partial charge on any atom is -0.369 e. The standard InChI is InChI=1S/C19H16O2/c1-21-19(18(20)15-8-3-2-4-9-15)17-12-11-14-7-5-6-10-16(14)13-17/h2-13,19H,1H3. The average molecular weight is 276 g/mol. The number of hydrogen-bond acceptors (Lipinski definition) is 2. The van der Waals surface area contributed by atoms with Crippen molar-refractivity contribution < 1.29 is 9.53 Å². The number of carbonyl (C=O) groups excluding carboxylic acids is 1. The lowest BCUT2D eigenvalue weighted by molar-refractivity contribution is 0.0605. The summed E-state index contributed by atoms with van der Waals surface area (Å²) in [5.41, 5.74) is 1.54. The number of ether oxygens (including phenoxy) is 1. The first kappa shape index (κ1) is 13.5. The lowest BCUT2D eigenvalue weighted by Crippen LogP contribution is -2.14. The SMILES string of the molecule is COC(C(=O)c1ccccc1)c1ccc2ccccc2c1. The van der Waals surface area contributed by atoms with Gasteiger partial charge < -0.3 is 4.74 Å². The Kier molecular flexibility index (Phi) is 3.80. The van der Waals surface area contributed by atoms with Crippen molar-refractivity contribution in [3.8, 4) is 0 Å². The number of Topliss-reactive ketones (excluding diaryl/α,β-unsaturated/α-hetero) is 1. The van der Waals surface area contributed by atoms with Gasteiger partial charge >= 0.3 is 0 Å². The number of methoxy groups -OCH3 is 1. The molecule has 0 bridgehead atoms. The van der Waals surface area contributed by atoms with E-state index in [-0.39, 0.29) is 5.78 Å². The van der Waals surface area contributed by atoms with Crippen LogP contribution in [0.1, 0.15) is 22.0 Å². The van der Waals surface area contributed by atoms with Crippen molar-refractivity contribution in [3.63, 3.8) is 0 Å². The zero-order valence-electron chi connectivity index (χ0n) is 11.8. The Labute approximate surface area is 124 Å². The molecular weight excluding hydrogens is 260 g/mol. The van der Waals surface area contributed by atoms with Crippen molar-refractivity contribution in [3.05, 3.63) is 83.9 Å². The highest BCUT2D eigenvalue weighted by Gasteiger charge is 2.21. The molecule has 2 nitrogen and oxygen atoms in total. The first-order chi connectivity index (χ1) is 10.3. The molecule has 0 saturated heterocycles. The number of carbonyl (C=O) groups is 1. The van der Waals surface area contributed by atoms with E-state index < -0.39 is 6.10 Å². The fourth-order valence-electron chi connectivity index (χ4n) is 2.52. The molecule has 0 heterocycles. The van der Waals surface area contributed by atoms with Crippen molar-refractivity contribution in [2.75, 3.05) is 7.11 Å². The van der Waals surface area contributed by atoms with Gasteiger partial charge in [-0.2, -0.15) is 0 Å². The van der Waals surface area contributed by atoms with E-state index in [1.165, 1.54) is 0 Å². The molecule has 0 saturated carbocycles. The van der Waals surface area contributed by atoms with E-state index in [1.807, 2.05) is 66.7 Å². The van der Waals surface area contributed by atoms with Gasteiger partial charge in [-0.15, -0.1) is 0 Å². The van der Waals surface area contributed by atoms with Gasteiger partial charge in [0, 0.05) is 12.7 Å². The third-order valence-corrected chi connectivity index (χ3v) is 3.61. The lowest BCUT2D eigenvalue weighted by Gasteiger charge is -2.15. The summed E-state index contributed by atoms with van der Waals surface area (Å²) in [5, 5.41) is 2.26. The van der Waals surface area contributed by atoms with Crippen LogP contribution in [-0.4, -0.2) is 12.9 Å². The molecule has 3 aromatic carbocycles. The molecule has 0 spiro atoms. The van der Waals surface area contributed by atoms with Gasteiger partial charge in [-0.3, -0.25) is 4.79 Å². The Morgan fingerprint density at radius 2 is 1.52 bits per heavy atom. The summed E-state index contributed by atoms with van der Waals surface area (Å²) >= 11 is 0. The molecule has 0 radical (unpaired) electrons. The maximum absolute atomic E-state index is 12.6. The molecule has 1 unspecified atom stereocenters. The van der Waals surface area contributed by atoms with Crippen molar-refractivity contribution in [1.82, 2.24) is 0 Å². The molecule has 0 amide bonds. The fourth-order valence-corrected chi connectivity index (χ4v) is 2.52. The summed E-state index contributed by atoms with van der Waals surface area (Å²) < 4.78 is 5.45. The van der Waals surface area contributed by atoms with Crippen molar-refractivity contribution in [2.24, 2.45) is 0 Å². The van der Waals surface area contributed by atoms with Gasteiger partial charge in [-0.05, 0) is 22.4 Å². The zero-order valence-corrected chi connectivity index (χ0v) is 11.8. The fraction of sp³-hybridized carbons (Fsp3) is 0.105. The third-order valence-electron chi connectivity index (χ3n) is 3.61. The molecule has 1 atom stereocenters. The van der Waals surface area contributed by atoms with Crippen LogP contribution in [0.5, 0.6) is 0 Å². The van der Waals surface area contributed by atoms with E-state index in [9.17, 15) is 4.79 Å². The molecule has 3 aromatic rings. The van der Waals surface area contributed by atoms with Gasteiger partial charge in [0.1, 0.15) is 6.10 Å². The smallest absolute Gasteiger partial charge is 0.196 e. The van der Waals surface area contributed by atoms with E-state index in [2.05, 4.69) is 6.07 Å². The topological polar surface area (TPSA) is 26.3 Å². The van der Waals surface area contributed by atoms with Gasteiger partial charge in [-0.25, -0.2) is 0 Å². The predicted octanol–water partition coefficient (Wildman–Crippen LogP) is 4.41. The third kappa shape index (κ3) is 2.71. The molecule has 0 fully saturated rings. The van der Waals surface area contributed by atoms with E-state index in [1.54, 1.807) is 7.11 Å². The van der Waals surface area contributed by atoms with Gasteiger partial charge in [0.2, 0.25) is 0 Å². The second-order valence-electron chi connectivity index (χ2n) is 4.95. The highest BCUT2D eigenvalue weighted by atomic mass is 16.5. The molecule has 2 heteroatoms. The summed E-state index contributed by atoms with van der Waals surface area (Å²) in [6, 6.07) is 23.3. The molecule has 3 rings (SSSR count). The molecule has 21 heavy (non-hydrogen) atoms. The Balaban J connectivity index is 2.00. The molecule has 0 aromatic heterocycles. The first-order valence-corrected chi connectivity index (χ1v) is 6.90. The minimum absolute atomic E-state index is 0.0200. The number of fused-ring (bicyclic) bond motifs is 1. The van der Waals surface area contributed by atoms with Crippen LogP contribution in [0.4, 0.5) is 0 Å². The monoisotopic (exact) mass is 276 g/mol. The summed E-state index contributed by atoms with van der Waals surface area (Å²) in [5.74, 6) is -0.0200. The van der Waals surface area contributed by atoms with Crippen LogP contribution in [0.25, 0.3) is 10.8 Å². The number of hydrogen-bond donors (Lipinski definition) is 0. The molecular formula is C19H16O2. The molecule has 0 N–H and O–H groups in total. The number of benzene rings is 3. The highest BCUT2D eigenvalue weighted by molar-refractivity contribution is 6.00. The maximum atomic E-state index is 12.6. The highest BCUT2D eigenvalue weighted by Crippen LogP contribution is 2.25. The molecule has 0 aliphatic rings. The lowest BCUT2D eigenvalue weighted by atomic mass is 9.97. The Morgan fingerprint density at radius 3 is 2.24 bits per heavy atom. The van der Waals surface area contributed by atoms with Crippen molar-refractivity contribution in [2.45, 2.75) is 6.10 Å². The van der Waals surface area contributed by atoms with Crippen molar-refractivity contribution >= 4 is 16.6 Å². The van der Waals surface area contributed by atoms with E-state index in [0.29, 0.717) is 5.56 Å². The van der Waals surface area contributed by atoms with Gasteiger partial charge in [0.05, 0.1) is 0 Å². The second kappa shape index (κ2) is 5.90. The second-order valence-corrected chi connectivity index (χ2v) is 4.95. The molecule has 0 aliphatic heterocycles. The summed E-state index contributed by atoms with van der Waals surface area (Å²) in [7, 11) is 1.57. The zero-order chi connectivity index (χ0) is 14.7. The normalized spacial score (nSPS) is 12.2. The van der Waals surface area contributed by atoms with E-state index >= 15 is 0 Å². The Morgan fingerprint density at radius 1 is 0.857 bits per heavy atom. The predicted molar refractivity (Wildman–Crippen MR) is 84.5 cm³/mol. The summed E-state index contributed by atoms with van der Waals surface area (Å²) in [6.45, 7) is 0. The number of rotatable bonds is 4. The molecule has 0 aliphatic carbocycles. The van der Waals surface area contributed by atoms with Crippen LogP contribution >= 0.6 is 0 Å². The van der Waals surface area contributed by atoms with Crippen LogP contribution in [0, 0.1) is 0 Å². The maximum Gasteiger partial charge on any atom is 0.196 e. The Bertz CT molecular complexity index is 763. The van der Waals surface area contributed by atoms with Gasteiger partial charge in [0.15, 0.2) is 5.78 Å². The largest absolute Gasteiger partial charge is 0.369 e. The average Bonchev–Trinajstić information content (AvgIpc) is 2.56. The number of ketones is 1. The van der Waals surface area contributed by atoms with Crippen LogP contribution in [0.15, 0.2) is 72.8 Å². The van der Waals surface area contributed by atoms with Crippen LogP contribution in [0.2, 0.25) is 0 Å². The summed E-state index contributed by atoms with van der Waals surface area (Å²) in [4.78, 5) is 12.6. The van der Waals surface area contributed by atoms with Crippen LogP contribution in [0.3, 0.4) is 0 Å².